The van der Waals surface area contributed by atoms with E-state index in [0.717, 1.165) is 48.8 Å². The van der Waals surface area contributed by atoms with Gasteiger partial charge < -0.3 is 0 Å². The van der Waals surface area contributed by atoms with E-state index in [1.165, 1.54) is 17.2 Å². The first-order valence-corrected chi connectivity index (χ1v) is 11.8. The molecule has 0 amide bonds. The van der Waals surface area contributed by atoms with Crippen molar-refractivity contribution < 1.29 is 13.2 Å². The fraction of sp³-hybridized carbons (Fsp3) is 0.156. The molecular weight excluding hydrogens is 455 g/mol. The Balaban J connectivity index is 1.47. The van der Waals surface area contributed by atoms with E-state index in [1.54, 1.807) is 18.2 Å². The predicted molar refractivity (Wildman–Crippen MR) is 138 cm³/mol. The quantitative estimate of drug-likeness (QED) is 0.204. The van der Waals surface area contributed by atoms with Crippen molar-refractivity contribution in [1.29, 1.82) is 5.26 Å². The van der Waals surface area contributed by atoms with Crippen LogP contribution < -0.4 is 0 Å². The summed E-state index contributed by atoms with van der Waals surface area (Å²) in [6.07, 6.45) is 8.05. The summed E-state index contributed by atoms with van der Waals surface area (Å²) in [5.74, 6) is 2.77. The number of rotatable bonds is 6. The number of hydrogen-bond donors (Lipinski definition) is 0. The van der Waals surface area contributed by atoms with Crippen LogP contribution in [0.15, 0.2) is 78.9 Å². The second-order valence-electron chi connectivity index (χ2n) is 8.58. The van der Waals surface area contributed by atoms with Gasteiger partial charge in [-0.3, -0.25) is 0 Å². The molecule has 178 valence electrons. The lowest BCUT2D eigenvalue weighted by molar-refractivity contribution is 0.576. The van der Waals surface area contributed by atoms with Crippen molar-refractivity contribution in [3.05, 3.63) is 130 Å². The molecule has 0 aliphatic rings. The van der Waals surface area contributed by atoms with E-state index in [2.05, 4.69) is 48.3 Å². The summed E-state index contributed by atoms with van der Waals surface area (Å²) < 4.78 is 42.7. The molecule has 0 saturated heterocycles. The van der Waals surface area contributed by atoms with Crippen LogP contribution in [-0.2, 0) is 19.3 Å². The Bertz CT molecular complexity index is 1510. The van der Waals surface area contributed by atoms with Crippen LogP contribution in [0.5, 0.6) is 0 Å². The van der Waals surface area contributed by atoms with Crippen LogP contribution in [0, 0.1) is 40.6 Å². The first-order chi connectivity index (χ1) is 17.5. The van der Waals surface area contributed by atoms with Crippen LogP contribution in [0.3, 0.4) is 0 Å². The summed E-state index contributed by atoms with van der Waals surface area (Å²) in [6.45, 7) is 2.03. The number of hydrogen-bond acceptors (Lipinski definition) is 1. The largest absolute Gasteiger partial charge is 0.205 e. The number of nitriles is 1. The van der Waals surface area contributed by atoms with E-state index in [4.69, 9.17) is 5.26 Å². The van der Waals surface area contributed by atoms with Gasteiger partial charge in [0.1, 0.15) is 29.1 Å². The van der Waals surface area contributed by atoms with Gasteiger partial charge in [-0.2, -0.15) is 5.26 Å². The van der Waals surface area contributed by atoms with Crippen LogP contribution in [0.2, 0.25) is 0 Å². The maximum absolute atomic E-state index is 15.1. The molecule has 0 aliphatic carbocycles. The Morgan fingerprint density at radius 1 is 0.750 bits per heavy atom. The van der Waals surface area contributed by atoms with E-state index in [0.29, 0.717) is 5.39 Å². The number of nitrogens with zero attached hydrogens (tertiary/aromatic N) is 1. The van der Waals surface area contributed by atoms with Crippen molar-refractivity contribution in [2.45, 2.75) is 32.6 Å². The minimum atomic E-state index is -0.992. The highest BCUT2D eigenvalue weighted by atomic mass is 19.1. The summed E-state index contributed by atoms with van der Waals surface area (Å²) in [7, 11) is 0. The zero-order chi connectivity index (χ0) is 25.5. The SMILES string of the molecule is C/C=C/CCc1ccc(CCc2ccc3c(F)c(C#Cc4cc(F)c(C#N)c(F)c4)ccc3c2)cc1. The Hall–Kier alpha value is -4.28. The monoisotopic (exact) mass is 479 g/mol. The Labute approximate surface area is 209 Å². The van der Waals surface area contributed by atoms with E-state index in [9.17, 15) is 8.78 Å². The third kappa shape index (κ3) is 5.85. The molecular formula is C32H24F3N. The molecule has 36 heavy (non-hydrogen) atoms. The van der Waals surface area contributed by atoms with Crippen LogP contribution in [0.1, 0.15) is 46.7 Å². The molecule has 0 aromatic heterocycles. The molecule has 0 unspecified atom stereocenters. The van der Waals surface area contributed by atoms with Gasteiger partial charge in [-0.05, 0) is 72.9 Å². The van der Waals surface area contributed by atoms with Crippen molar-refractivity contribution in [1.82, 2.24) is 0 Å². The minimum absolute atomic E-state index is 0.0321. The van der Waals surface area contributed by atoms with Crippen molar-refractivity contribution in [3.63, 3.8) is 0 Å². The van der Waals surface area contributed by atoms with Crippen LogP contribution in [-0.4, -0.2) is 0 Å². The summed E-state index contributed by atoms with van der Waals surface area (Å²) in [5.41, 5.74) is 3.20. The van der Waals surface area contributed by atoms with Crippen LogP contribution >= 0.6 is 0 Å². The van der Waals surface area contributed by atoms with Gasteiger partial charge in [0.05, 0.1) is 5.56 Å². The molecule has 4 aromatic rings. The predicted octanol–water partition coefficient (Wildman–Crippen LogP) is 7.82. The van der Waals surface area contributed by atoms with Gasteiger partial charge in [0.2, 0.25) is 0 Å². The molecule has 0 heterocycles. The van der Waals surface area contributed by atoms with Crippen LogP contribution in [0.25, 0.3) is 10.8 Å². The van der Waals surface area contributed by atoms with Crippen molar-refractivity contribution in [3.8, 4) is 17.9 Å². The number of benzene rings is 4. The molecule has 4 rings (SSSR count). The molecule has 0 fully saturated rings. The Morgan fingerprint density at radius 3 is 2.06 bits per heavy atom. The number of fused-ring (bicyclic) bond motifs is 1. The second kappa shape index (κ2) is 11.4. The lowest BCUT2D eigenvalue weighted by Gasteiger charge is -2.07. The average Bonchev–Trinajstić information content (AvgIpc) is 2.88. The summed E-state index contributed by atoms with van der Waals surface area (Å²) >= 11 is 0. The number of allylic oxidation sites excluding steroid dienone is 2. The molecule has 4 aromatic carbocycles. The molecule has 0 bridgehead atoms. The topological polar surface area (TPSA) is 23.8 Å². The van der Waals surface area contributed by atoms with E-state index in [1.807, 2.05) is 19.1 Å². The van der Waals surface area contributed by atoms with Gasteiger partial charge in [0.25, 0.3) is 0 Å². The summed E-state index contributed by atoms with van der Waals surface area (Å²) in [6, 6.07) is 21.1. The standard InChI is InChI=1S/C32H24F3N/c1-2-3-4-5-22-6-8-23(9-7-22)10-11-24-13-17-28-27(18-24)16-15-26(32(28)35)14-12-25-19-30(33)29(21-36)31(34)20-25/h2-3,6-9,13,15-20H,4-5,10-11H2,1H3/b3-2+. The highest BCUT2D eigenvalue weighted by molar-refractivity contribution is 5.85. The van der Waals surface area contributed by atoms with Crippen LogP contribution in [0.4, 0.5) is 13.2 Å². The smallest absolute Gasteiger partial charge is 0.146 e. The van der Waals surface area contributed by atoms with Gasteiger partial charge in [-0.1, -0.05) is 72.5 Å². The van der Waals surface area contributed by atoms with Gasteiger partial charge in [-0.15, -0.1) is 0 Å². The maximum Gasteiger partial charge on any atom is 0.146 e. The summed E-state index contributed by atoms with van der Waals surface area (Å²) in [5, 5.41) is 9.98. The van der Waals surface area contributed by atoms with Gasteiger partial charge >= 0.3 is 0 Å². The van der Waals surface area contributed by atoms with Gasteiger partial charge in [0.15, 0.2) is 0 Å². The third-order valence-corrected chi connectivity index (χ3v) is 6.07. The number of aryl methyl sites for hydroxylation is 3. The first kappa shape index (κ1) is 24.8. The third-order valence-electron chi connectivity index (χ3n) is 6.07. The zero-order valence-corrected chi connectivity index (χ0v) is 19.9. The molecule has 0 saturated carbocycles. The normalized spacial score (nSPS) is 10.9. The molecule has 0 N–H and O–H groups in total. The van der Waals surface area contributed by atoms with Gasteiger partial charge in [0, 0.05) is 10.9 Å². The summed E-state index contributed by atoms with van der Waals surface area (Å²) in [4.78, 5) is 0. The lowest BCUT2D eigenvalue weighted by Crippen LogP contribution is -1.94. The number of halogens is 3. The molecule has 0 radical (unpaired) electrons. The minimum Gasteiger partial charge on any atom is -0.205 e. The second-order valence-corrected chi connectivity index (χ2v) is 8.58. The molecule has 0 atom stereocenters. The first-order valence-electron chi connectivity index (χ1n) is 11.8. The highest BCUT2D eigenvalue weighted by Crippen LogP contribution is 2.23. The molecule has 0 spiro atoms. The van der Waals surface area contributed by atoms with E-state index < -0.39 is 23.0 Å². The molecule has 4 heteroatoms. The van der Waals surface area contributed by atoms with E-state index >= 15 is 4.39 Å². The van der Waals surface area contributed by atoms with E-state index in [-0.39, 0.29) is 11.1 Å². The Kier molecular flexibility index (Phi) is 7.89. The van der Waals surface area contributed by atoms with Gasteiger partial charge in [-0.25, -0.2) is 13.2 Å². The maximum atomic E-state index is 15.1. The fourth-order valence-electron chi connectivity index (χ4n) is 4.06. The fourth-order valence-corrected chi connectivity index (χ4v) is 4.06. The lowest BCUT2D eigenvalue weighted by atomic mass is 9.98. The molecule has 0 aliphatic heterocycles. The Morgan fingerprint density at radius 2 is 1.39 bits per heavy atom. The van der Waals surface area contributed by atoms with Crippen molar-refractivity contribution in [2.75, 3.05) is 0 Å². The zero-order valence-electron chi connectivity index (χ0n) is 19.9. The van der Waals surface area contributed by atoms with Crippen molar-refractivity contribution in [2.24, 2.45) is 0 Å². The highest BCUT2D eigenvalue weighted by Gasteiger charge is 2.10. The molecule has 1 nitrogen and oxygen atoms in total. The average molecular weight is 480 g/mol. The van der Waals surface area contributed by atoms with Crippen molar-refractivity contribution >= 4 is 10.8 Å².